The fourth-order valence-corrected chi connectivity index (χ4v) is 3.86. The van der Waals surface area contributed by atoms with Crippen LogP contribution in [0.5, 0.6) is 0 Å². The van der Waals surface area contributed by atoms with E-state index < -0.39 is 12.0 Å². The normalized spacial score (nSPS) is 19.9. The summed E-state index contributed by atoms with van der Waals surface area (Å²) < 4.78 is 0.867. The van der Waals surface area contributed by atoms with Crippen LogP contribution in [0.15, 0.2) is 22.7 Å². The summed E-state index contributed by atoms with van der Waals surface area (Å²) in [5.74, 6) is -0.577. The van der Waals surface area contributed by atoms with Gasteiger partial charge in [-0.1, -0.05) is 47.7 Å². The molecule has 0 bridgehead atoms. The van der Waals surface area contributed by atoms with Crippen LogP contribution in [0.3, 0.4) is 0 Å². The lowest BCUT2D eigenvalue weighted by atomic mass is 9.97. The molecule has 4 nitrogen and oxygen atoms in total. The van der Waals surface area contributed by atoms with Crippen LogP contribution in [0.25, 0.3) is 0 Å². The average Bonchev–Trinajstić information content (AvgIpc) is 3.03. The van der Waals surface area contributed by atoms with Gasteiger partial charge in [0, 0.05) is 10.2 Å². The minimum Gasteiger partial charge on any atom is -0.480 e. The number of aliphatic carboxylic acids is 1. The first kappa shape index (κ1) is 14.6. The summed E-state index contributed by atoms with van der Waals surface area (Å²) in [7, 11) is 0. The molecule has 1 amide bonds. The molecule has 1 atom stereocenters. The van der Waals surface area contributed by atoms with Crippen molar-refractivity contribution in [2.45, 2.75) is 44.6 Å². The Kier molecular flexibility index (Phi) is 4.02. The molecule has 0 aromatic heterocycles. The lowest BCUT2D eigenvalue weighted by Gasteiger charge is -2.27. The molecule has 0 saturated heterocycles. The first-order valence-corrected chi connectivity index (χ1v) is 8.19. The van der Waals surface area contributed by atoms with Crippen molar-refractivity contribution < 1.29 is 14.7 Å². The second-order valence-corrected chi connectivity index (χ2v) is 6.87. The third-order valence-electron chi connectivity index (χ3n) is 4.55. The van der Waals surface area contributed by atoms with E-state index in [1.807, 2.05) is 18.2 Å². The van der Waals surface area contributed by atoms with Crippen molar-refractivity contribution in [2.75, 3.05) is 4.90 Å². The van der Waals surface area contributed by atoms with Gasteiger partial charge in [0.05, 0.1) is 6.42 Å². The smallest absolute Gasteiger partial charge is 0.326 e. The zero-order valence-electron chi connectivity index (χ0n) is 11.7. The number of carboxylic acid groups (broad SMARTS) is 1. The number of carbonyl (C=O) groups is 2. The predicted octanol–water partition coefficient (Wildman–Crippen LogP) is 3.37. The summed E-state index contributed by atoms with van der Waals surface area (Å²) in [5, 5.41) is 9.60. The number of amides is 1. The van der Waals surface area contributed by atoms with Gasteiger partial charge in [0.1, 0.15) is 6.04 Å². The molecule has 1 aromatic carbocycles. The molecule has 1 saturated carbocycles. The Morgan fingerprint density at radius 1 is 1.38 bits per heavy atom. The molecule has 1 aliphatic heterocycles. The van der Waals surface area contributed by atoms with E-state index in [1.54, 1.807) is 0 Å². The number of carbonyl (C=O) groups excluding carboxylic acids is 1. The molecule has 1 N–H and O–H groups in total. The molecule has 3 rings (SSSR count). The minimum atomic E-state index is -0.900. The van der Waals surface area contributed by atoms with Crippen molar-refractivity contribution in [3.63, 3.8) is 0 Å². The van der Waals surface area contributed by atoms with E-state index in [0.29, 0.717) is 18.8 Å². The van der Waals surface area contributed by atoms with E-state index in [2.05, 4.69) is 15.9 Å². The van der Waals surface area contributed by atoms with E-state index >= 15 is 0 Å². The molecular formula is C16H18BrNO3. The molecule has 21 heavy (non-hydrogen) atoms. The number of fused-ring (bicyclic) bond motifs is 1. The van der Waals surface area contributed by atoms with Crippen LogP contribution in [0.4, 0.5) is 5.69 Å². The average molecular weight is 352 g/mol. The number of halogens is 1. The maximum absolute atomic E-state index is 12.3. The van der Waals surface area contributed by atoms with E-state index in [-0.39, 0.29) is 5.91 Å². The molecule has 1 unspecified atom stereocenters. The van der Waals surface area contributed by atoms with Crippen LogP contribution in [0.1, 0.15) is 37.7 Å². The quantitative estimate of drug-likeness (QED) is 0.904. The van der Waals surface area contributed by atoms with Crippen LogP contribution in [-0.4, -0.2) is 23.0 Å². The Labute approximate surface area is 132 Å². The number of hydrogen-bond donors (Lipinski definition) is 1. The summed E-state index contributed by atoms with van der Waals surface area (Å²) in [6.07, 6.45) is 5.37. The molecule has 0 radical (unpaired) electrons. The van der Waals surface area contributed by atoms with E-state index in [1.165, 1.54) is 17.7 Å². The number of anilines is 1. The molecular weight excluding hydrogens is 334 g/mol. The zero-order valence-corrected chi connectivity index (χ0v) is 13.3. The van der Waals surface area contributed by atoms with Gasteiger partial charge in [0.25, 0.3) is 0 Å². The van der Waals surface area contributed by atoms with Crippen molar-refractivity contribution in [2.24, 2.45) is 5.92 Å². The van der Waals surface area contributed by atoms with Gasteiger partial charge in [0.2, 0.25) is 5.91 Å². The van der Waals surface area contributed by atoms with Gasteiger partial charge in [-0.2, -0.15) is 0 Å². The number of rotatable bonds is 4. The monoisotopic (exact) mass is 351 g/mol. The fourth-order valence-electron chi connectivity index (χ4n) is 3.51. The second kappa shape index (κ2) is 5.79. The first-order chi connectivity index (χ1) is 10.1. The topological polar surface area (TPSA) is 57.6 Å². The Balaban J connectivity index is 1.90. The third-order valence-corrected chi connectivity index (χ3v) is 5.04. The van der Waals surface area contributed by atoms with Crippen molar-refractivity contribution in [1.29, 1.82) is 0 Å². The van der Waals surface area contributed by atoms with Crippen molar-refractivity contribution in [3.05, 3.63) is 28.2 Å². The largest absolute Gasteiger partial charge is 0.480 e. The van der Waals surface area contributed by atoms with Gasteiger partial charge in [-0.25, -0.2) is 4.79 Å². The van der Waals surface area contributed by atoms with Gasteiger partial charge >= 0.3 is 5.97 Å². The van der Waals surface area contributed by atoms with E-state index in [9.17, 15) is 14.7 Å². The highest BCUT2D eigenvalue weighted by molar-refractivity contribution is 9.10. The lowest BCUT2D eigenvalue weighted by Crippen LogP contribution is -2.44. The van der Waals surface area contributed by atoms with Crippen molar-refractivity contribution in [3.8, 4) is 0 Å². The van der Waals surface area contributed by atoms with Gasteiger partial charge in [-0.05, 0) is 30.0 Å². The number of carboxylic acids is 1. The Hall–Kier alpha value is -1.36. The molecule has 2 aliphatic rings. The van der Waals surface area contributed by atoms with Crippen molar-refractivity contribution >= 4 is 33.5 Å². The maximum Gasteiger partial charge on any atom is 0.326 e. The SMILES string of the molecule is O=C(O)C(CC1CCCC1)N1C(=O)Cc2ccc(Br)cc21. The molecule has 1 heterocycles. The third kappa shape index (κ3) is 2.84. The number of benzene rings is 1. The summed E-state index contributed by atoms with van der Waals surface area (Å²) in [4.78, 5) is 25.5. The number of nitrogens with zero attached hydrogens (tertiary/aromatic N) is 1. The molecule has 5 heteroatoms. The van der Waals surface area contributed by atoms with Gasteiger partial charge in [-0.15, -0.1) is 0 Å². The Morgan fingerprint density at radius 2 is 2.10 bits per heavy atom. The summed E-state index contributed by atoms with van der Waals surface area (Å²) in [6.45, 7) is 0. The maximum atomic E-state index is 12.3. The van der Waals surface area contributed by atoms with Crippen LogP contribution < -0.4 is 4.90 Å². The van der Waals surface area contributed by atoms with E-state index in [4.69, 9.17) is 0 Å². The highest BCUT2D eigenvalue weighted by atomic mass is 79.9. The molecule has 1 fully saturated rings. The number of hydrogen-bond acceptors (Lipinski definition) is 2. The summed E-state index contributed by atoms with van der Waals surface area (Å²) in [5.41, 5.74) is 1.67. The Bertz CT molecular complexity index is 581. The Morgan fingerprint density at radius 3 is 2.76 bits per heavy atom. The van der Waals surface area contributed by atoms with Gasteiger partial charge < -0.3 is 5.11 Å². The fraction of sp³-hybridized carbons (Fsp3) is 0.500. The highest BCUT2D eigenvalue weighted by Crippen LogP contribution is 2.37. The molecule has 112 valence electrons. The zero-order chi connectivity index (χ0) is 15.0. The van der Waals surface area contributed by atoms with E-state index in [0.717, 1.165) is 28.6 Å². The summed E-state index contributed by atoms with van der Waals surface area (Å²) >= 11 is 3.40. The molecule has 1 aromatic rings. The summed E-state index contributed by atoms with van der Waals surface area (Å²) in [6, 6.07) is 4.90. The van der Waals surface area contributed by atoms with Crippen LogP contribution in [0, 0.1) is 5.92 Å². The molecule has 0 spiro atoms. The highest BCUT2D eigenvalue weighted by Gasteiger charge is 2.38. The van der Waals surface area contributed by atoms with Crippen LogP contribution in [0.2, 0.25) is 0 Å². The van der Waals surface area contributed by atoms with Gasteiger partial charge in [-0.3, -0.25) is 9.69 Å². The lowest BCUT2D eigenvalue weighted by molar-refractivity contribution is -0.140. The van der Waals surface area contributed by atoms with Crippen molar-refractivity contribution in [1.82, 2.24) is 0 Å². The second-order valence-electron chi connectivity index (χ2n) is 5.95. The van der Waals surface area contributed by atoms with Crippen LogP contribution in [-0.2, 0) is 16.0 Å². The first-order valence-electron chi connectivity index (χ1n) is 7.39. The minimum absolute atomic E-state index is 0.103. The predicted molar refractivity (Wildman–Crippen MR) is 83.3 cm³/mol. The van der Waals surface area contributed by atoms with Gasteiger partial charge in [0.15, 0.2) is 0 Å². The molecule has 1 aliphatic carbocycles. The van der Waals surface area contributed by atoms with Crippen LogP contribution >= 0.6 is 15.9 Å². The standard InChI is InChI=1S/C16H18BrNO3/c17-12-6-5-11-8-15(19)18(13(11)9-12)14(16(20)21)7-10-3-1-2-4-10/h5-6,9-10,14H,1-4,7-8H2,(H,20,21).